The number of carbonyl (C=O) groups is 2. The molecule has 1 aromatic rings. The molecule has 17 heavy (non-hydrogen) atoms. The number of rotatable bonds is 5. The summed E-state index contributed by atoms with van der Waals surface area (Å²) in [5.41, 5.74) is 6.79. The summed E-state index contributed by atoms with van der Waals surface area (Å²) in [6.45, 7) is 3.94. The fraction of sp³-hybridized carbons (Fsp3) is 0.385. The summed E-state index contributed by atoms with van der Waals surface area (Å²) < 4.78 is 0. The molecule has 1 amide bonds. The maximum absolute atomic E-state index is 11.6. The van der Waals surface area contributed by atoms with E-state index in [1.54, 1.807) is 24.3 Å². The van der Waals surface area contributed by atoms with Gasteiger partial charge in [0.05, 0.1) is 0 Å². The van der Waals surface area contributed by atoms with Gasteiger partial charge in [-0.05, 0) is 43.7 Å². The van der Waals surface area contributed by atoms with Gasteiger partial charge in [0.15, 0.2) is 5.78 Å². The van der Waals surface area contributed by atoms with Gasteiger partial charge in [-0.25, -0.2) is 0 Å². The Morgan fingerprint density at radius 2 is 1.88 bits per heavy atom. The van der Waals surface area contributed by atoms with Gasteiger partial charge in [-0.2, -0.15) is 0 Å². The summed E-state index contributed by atoms with van der Waals surface area (Å²) in [5.74, 6) is 0.129. The Hall–Kier alpha value is -1.68. The number of hydrogen-bond acceptors (Lipinski definition) is 3. The number of ketones is 1. The first-order valence-corrected chi connectivity index (χ1v) is 5.64. The number of benzene rings is 1. The molecule has 1 unspecified atom stereocenters. The Morgan fingerprint density at radius 3 is 2.35 bits per heavy atom. The standard InChI is InChI=1S/C13H18N2O2/c1-9(8-14)7-13(17)15-12-5-3-11(4-6-12)10(2)16/h3-6,9H,7-8,14H2,1-2H3,(H,15,17). The molecule has 0 radical (unpaired) electrons. The zero-order valence-corrected chi connectivity index (χ0v) is 10.2. The lowest BCUT2D eigenvalue weighted by Crippen LogP contribution is -2.20. The van der Waals surface area contributed by atoms with E-state index in [1.807, 2.05) is 6.92 Å². The van der Waals surface area contributed by atoms with E-state index < -0.39 is 0 Å². The van der Waals surface area contributed by atoms with Crippen molar-refractivity contribution < 1.29 is 9.59 Å². The highest BCUT2D eigenvalue weighted by Crippen LogP contribution is 2.11. The van der Waals surface area contributed by atoms with E-state index in [-0.39, 0.29) is 17.6 Å². The molecule has 0 aromatic heterocycles. The van der Waals surface area contributed by atoms with Crippen LogP contribution in [-0.2, 0) is 4.79 Å². The Labute approximate surface area is 101 Å². The minimum Gasteiger partial charge on any atom is -0.330 e. The van der Waals surface area contributed by atoms with Gasteiger partial charge in [0.2, 0.25) is 5.91 Å². The smallest absolute Gasteiger partial charge is 0.224 e. The molecule has 1 rings (SSSR count). The van der Waals surface area contributed by atoms with Crippen LogP contribution in [0, 0.1) is 5.92 Å². The largest absolute Gasteiger partial charge is 0.330 e. The van der Waals surface area contributed by atoms with Crippen molar-refractivity contribution >= 4 is 17.4 Å². The van der Waals surface area contributed by atoms with Crippen LogP contribution >= 0.6 is 0 Å². The van der Waals surface area contributed by atoms with E-state index >= 15 is 0 Å². The van der Waals surface area contributed by atoms with Gasteiger partial charge in [-0.1, -0.05) is 6.92 Å². The highest BCUT2D eigenvalue weighted by molar-refractivity contribution is 5.95. The van der Waals surface area contributed by atoms with E-state index in [9.17, 15) is 9.59 Å². The third-order valence-corrected chi connectivity index (χ3v) is 2.51. The predicted octanol–water partition coefficient (Wildman–Crippen LogP) is 1.81. The molecular weight excluding hydrogens is 216 g/mol. The van der Waals surface area contributed by atoms with Crippen molar-refractivity contribution in [3.8, 4) is 0 Å². The third kappa shape index (κ3) is 4.36. The van der Waals surface area contributed by atoms with Crippen molar-refractivity contribution in [2.24, 2.45) is 11.7 Å². The molecule has 1 aromatic carbocycles. The lowest BCUT2D eigenvalue weighted by molar-refractivity contribution is -0.116. The van der Waals surface area contributed by atoms with Crippen LogP contribution in [0.3, 0.4) is 0 Å². The Kier molecular flexibility index (Phi) is 4.84. The van der Waals surface area contributed by atoms with E-state index in [2.05, 4.69) is 5.32 Å². The molecule has 4 heteroatoms. The molecule has 0 saturated heterocycles. The molecule has 0 heterocycles. The van der Waals surface area contributed by atoms with Gasteiger partial charge in [-0.15, -0.1) is 0 Å². The topological polar surface area (TPSA) is 72.2 Å². The summed E-state index contributed by atoms with van der Waals surface area (Å²) in [6, 6.07) is 6.85. The quantitative estimate of drug-likeness (QED) is 0.763. The number of anilines is 1. The van der Waals surface area contributed by atoms with Crippen molar-refractivity contribution in [1.29, 1.82) is 0 Å². The molecule has 0 aliphatic rings. The summed E-state index contributed by atoms with van der Waals surface area (Å²) in [6.07, 6.45) is 0.408. The first-order chi connectivity index (χ1) is 8.02. The van der Waals surface area contributed by atoms with Crippen LogP contribution in [0.5, 0.6) is 0 Å². The second kappa shape index (κ2) is 6.15. The van der Waals surface area contributed by atoms with Crippen molar-refractivity contribution in [3.63, 3.8) is 0 Å². The molecule has 1 atom stereocenters. The lowest BCUT2D eigenvalue weighted by Gasteiger charge is -2.09. The van der Waals surface area contributed by atoms with Gasteiger partial charge in [0, 0.05) is 17.7 Å². The zero-order valence-electron chi connectivity index (χ0n) is 10.2. The fourth-order valence-corrected chi connectivity index (χ4v) is 1.40. The minimum absolute atomic E-state index is 0.0135. The van der Waals surface area contributed by atoms with Gasteiger partial charge >= 0.3 is 0 Å². The van der Waals surface area contributed by atoms with E-state index in [4.69, 9.17) is 5.73 Å². The molecule has 0 fully saturated rings. The minimum atomic E-state index is -0.0569. The molecule has 0 bridgehead atoms. The summed E-state index contributed by atoms with van der Waals surface area (Å²) in [5, 5.41) is 2.77. The molecular formula is C13H18N2O2. The van der Waals surface area contributed by atoms with Crippen molar-refractivity contribution in [1.82, 2.24) is 0 Å². The van der Waals surface area contributed by atoms with Crippen LogP contribution < -0.4 is 11.1 Å². The average Bonchev–Trinajstić information content (AvgIpc) is 2.29. The van der Waals surface area contributed by atoms with Crippen LogP contribution in [0.15, 0.2) is 24.3 Å². The lowest BCUT2D eigenvalue weighted by atomic mass is 10.1. The summed E-state index contributed by atoms with van der Waals surface area (Å²) in [4.78, 5) is 22.6. The summed E-state index contributed by atoms with van der Waals surface area (Å²) in [7, 11) is 0. The van der Waals surface area contributed by atoms with Crippen molar-refractivity contribution in [2.75, 3.05) is 11.9 Å². The molecule has 0 aliphatic carbocycles. The maximum atomic E-state index is 11.6. The second-order valence-corrected chi connectivity index (χ2v) is 4.23. The van der Waals surface area contributed by atoms with Crippen LogP contribution in [0.2, 0.25) is 0 Å². The van der Waals surface area contributed by atoms with Gasteiger partial charge in [0.25, 0.3) is 0 Å². The fourth-order valence-electron chi connectivity index (χ4n) is 1.40. The van der Waals surface area contributed by atoms with Gasteiger partial charge in [-0.3, -0.25) is 9.59 Å². The maximum Gasteiger partial charge on any atom is 0.224 e. The van der Waals surface area contributed by atoms with E-state index in [0.29, 0.717) is 24.2 Å². The Bertz CT molecular complexity index is 398. The predicted molar refractivity (Wildman–Crippen MR) is 67.9 cm³/mol. The number of nitrogens with two attached hydrogens (primary N) is 1. The van der Waals surface area contributed by atoms with Crippen LogP contribution in [0.1, 0.15) is 30.6 Å². The van der Waals surface area contributed by atoms with Crippen LogP contribution in [-0.4, -0.2) is 18.2 Å². The highest BCUT2D eigenvalue weighted by Gasteiger charge is 2.07. The Morgan fingerprint density at radius 1 is 1.29 bits per heavy atom. The zero-order chi connectivity index (χ0) is 12.8. The number of hydrogen-bond donors (Lipinski definition) is 2. The molecule has 0 spiro atoms. The van der Waals surface area contributed by atoms with Crippen molar-refractivity contribution in [2.45, 2.75) is 20.3 Å². The van der Waals surface area contributed by atoms with E-state index in [0.717, 1.165) is 0 Å². The molecule has 4 nitrogen and oxygen atoms in total. The van der Waals surface area contributed by atoms with Gasteiger partial charge < -0.3 is 11.1 Å². The summed E-state index contributed by atoms with van der Waals surface area (Å²) >= 11 is 0. The third-order valence-electron chi connectivity index (χ3n) is 2.51. The molecule has 3 N–H and O–H groups in total. The van der Waals surface area contributed by atoms with E-state index in [1.165, 1.54) is 6.92 Å². The monoisotopic (exact) mass is 234 g/mol. The number of nitrogens with one attached hydrogen (secondary N) is 1. The number of Topliss-reactive ketones (excluding diaryl/α,β-unsaturated/α-hetero) is 1. The van der Waals surface area contributed by atoms with Crippen LogP contribution in [0.25, 0.3) is 0 Å². The van der Waals surface area contributed by atoms with Gasteiger partial charge in [0.1, 0.15) is 0 Å². The second-order valence-electron chi connectivity index (χ2n) is 4.23. The SMILES string of the molecule is CC(=O)c1ccc(NC(=O)CC(C)CN)cc1. The molecule has 0 saturated carbocycles. The highest BCUT2D eigenvalue weighted by atomic mass is 16.1. The normalized spacial score (nSPS) is 11.9. The number of amides is 1. The van der Waals surface area contributed by atoms with Crippen molar-refractivity contribution in [3.05, 3.63) is 29.8 Å². The number of carbonyl (C=O) groups excluding carboxylic acids is 2. The van der Waals surface area contributed by atoms with Crippen LogP contribution in [0.4, 0.5) is 5.69 Å². The first-order valence-electron chi connectivity index (χ1n) is 5.64. The molecule has 0 aliphatic heterocycles. The first kappa shape index (κ1) is 13.4. The Balaban J connectivity index is 2.57. The average molecular weight is 234 g/mol. The molecule has 92 valence electrons.